The zero-order valence-corrected chi connectivity index (χ0v) is 16.5. The van der Waals surface area contributed by atoms with E-state index < -0.39 is 0 Å². The second kappa shape index (κ2) is 9.26. The number of hydrogen-bond acceptors (Lipinski definition) is 3. The highest BCUT2D eigenvalue weighted by Crippen LogP contribution is 2.47. The van der Waals surface area contributed by atoms with Crippen LogP contribution in [0, 0.1) is 0 Å². The normalized spacial score (nSPS) is 14.9. The average molecular weight is 380 g/mol. The van der Waals surface area contributed by atoms with Crippen LogP contribution in [0.5, 0.6) is 5.75 Å². The number of amides is 1. The molecule has 1 aliphatic carbocycles. The Hall–Kier alpha value is -3.02. The van der Waals surface area contributed by atoms with E-state index >= 15 is 0 Å². The van der Waals surface area contributed by atoms with Gasteiger partial charge in [0.25, 0.3) is 5.91 Å². The van der Waals surface area contributed by atoms with Crippen LogP contribution in [0.3, 0.4) is 0 Å². The molecule has 1 saturated carbocycles. The second-order valence-electron chi connectivity index (χ2n) is 6.99. The van der Waals surface area contributed by atoms with Crippen molar-refractivity contribution in [2.45, 2.75) is 18.3 Å². The Morgan fingerprint density at radius 2 is 1.79 bits per heavy atom. The molecule has 0 heterocycles. The van der Waals surface area contributed by atoms with Crippen molar-refractivity contribution in [2.24, 2.45) is 4.99 Å². The molecule has 1 aliphatic rings. The fourth-order valence-electron chi connectivity index (χ4n) is 3.21. The van der Waals surface area contributed by atoms with Crippen LogP contribution >= 0.6 is 0 Å². The molecule has 0 bridgehead atoms. The van der Waals surface area contributed by atoms with E-state index in [-0.39, 0.29) is 11.3 Å². The molecule has 2 aromatic carbocycles. The molecule has 148 valence electrons. The summed E-state index contributed by atoms with van der Waals surface area (Å²) in [6.07, 6.45) is 2.38. The summed E-state index contributed by atoms with van der Waals surface area (Å²) < 4.78 is 5.15. The summed E-state index contributed by atoms with van der Waals surface area (Å²) >= 11 is 0. The first-order valence-corrected chi connectivity index (χ1v) is 9.59. The van der Waals surface area contributed by atoms with Crippen molar-refractivity contribution in [1.82, 2.24) is 16.0 Å². The Kier molecular flexibility index (Phi) is 6.53. The predicted molar refractivity (Wildman–Crippen MR) is 112 cm³/mol. The third-order valence-electron chi connectivity index (χ3n) is 5.09. The molecule has 2 aromatic rings. The molecule has 0 aromatic heterocycles. The fourth-order valence-corrected chi connectivity index (χ4v) is 3.21. The van der Waals surface area contributed by atoms with Gasteiger partial charge in [-0.3, -0.25) is 9.79 Å². The highest BCUT2D eigenvalue weighted by atomic mass is 16.5. The fraction of sp³-hybridized carbons (Fsp3) is 0.364. The maximum absolute atomic E-state index is 12.2. The summed E-state index contributed by atoms with van der Waals surface area (Å²) in [5.74, 6) is 1.30. The van der Waals surface area contributed by atoms with Crippen LogP contribution in [0.1, 0.15) is 28.8 Å². The van der Waals surface area contributed by atoms with Crippen LogP contribution < -0.4 is 20.7 Å². The van der Waals surface area contributed by atoms with Crippen molar-refractivity contribution in [1.29, 1.82) is 0 Å². The number of nitrogens with zero attached hydrogens (tertiary/aromatic N) is 1. The largest absolute Gasteiger partial charge is 0.497 e. The number of methoxy groups -OCH3 is 1. The van der Waals surface area contributed by atoms with Crippen LogP contribution in [0.2, 0.25) is 0 Å². The molecule has 6 heteroatoms. The molecule has 3 rings (SSSR count). The van der Waals surface area contributed by atoms with Crippen LogP contribution in [0.4, 0.5) is 0 Å². The van der Waals surface area contributed by atoms with Gasteiger partial charge in [0.1, 0.15) is 5.75 Å². The number of hydrogen-bond donors (Lipinski definition) is 3. The monoisotopic (exact) mass is 380 g/mol. The lowest BCUT2D eigenvalue weighted by atomic mass is 9.96. The van der Waals surface area contributed by atoms with E-state index in [1.54, 1.807) is 32.4 Å². The second-order valence-corrected chi connectivity index (χ2v) is 6.99. The molecule has 6 nitrogen and oxygen atoms in total. The van der Waals surface area contributed by atoms with Crippen molar-refractivity contribution < 1.29 is 9.53 Å². The molecule has 0 radical (unpaired) electrons. The van der Waals surface area contributed by atoms with Gasteiger partial charge < -0.3 is 20.7 Å². The van der Waals surface area contributed by atoms with E-state index in [4.69, 9.17) is 4.74 Å². The minimum absolute atomic E-state index is 0.121. The Morgan fingerprint density at radius 1 is 1.04 bits per heavy atom. The first-order valence-electron chi connectivity index (χ1n) is 9.59. The Balaban J connectivity index is 1.40. The summed E-state index contributed by atoms with van der Waals surface area (Å²) in [5, 5.41) is 9.57. The van der Waals surface area contributed by atoms with Gasteiger partial charge in [0.05, 0.1) is 7.11 Å². The van der Waals surface area contributed by atoms with Gasteiger partial charge in [-0.2, -0.15) is 0 Å². The van der Waals surface area contributed by atoms with E-state index in [2.05, 4.69) is 45.2 Å². The predicted octanol–water partition coefficient (Wildman–Crippen LogP) is 2.32. The first kappa shape index (κ1) is 19.7. The van der Waals surface area contributed by atoms with Gasteiger partial charge in [0.2, 0.25) is 0 Å². The van der Waals surface area contributed by atoms with Gasteiger partial charge in [0.15, 0.2) is 5.96 Å². The SMILES string of the molecule is CN=C(NCCNC(=O)c1cccc(OC)c1)NCC1(c2ccccc2)CC1. The van der Waals surface area contributed by atoms with Gasteiger partial charge in [-0.15, -0.1) is 0 Å². The van der Waals surface area contributed by atoms with Crippen molar-refractivity contribution in [3.63, 3.8) is 0 Å². The lowest BCUT2D eigenvalue weighted by molar-refractivity contribution is 0.0954. The number of ether oxygens (including phenoxy) is 1. The van der Waals surface area contributed by atoms with Gasteiger partial charge in [-0.05, 0) is 36.6 Å². The van der Waals surface area contributed by atoms with Crippen LogP contribution in [-0.4, -0.2) is 45.7 Å². The molecule has 0 unspecified atom stereocenters. The molecule has 0 saturated heterocycles. The highest BCUT2D eigenvalue weighted by molar-refractivity contribution is 5.94. The Bertz CT molecular complexity index is 816. The van der Waals surface area contributed by atoms with Crippen LogP contribution in [0.25, 0.3) is 0 Å². The summed E-state index contributed by atoms with van der Waals surface area (Å²) in [4.78, 5) is 16.5. The van der Waals surface area contributed by atoms with E-state index in [0.717, 1.165) is 12.5 Å². The zero-order valence-electron chi connectivity index (χ0n) is 16.5. The lowest BCUT2D eigenvalue weighted by Gasteiger charge is -2.19. The molecule has 0 aliphatic heterocycles. The molecule has 0 spiro atoms. The number of carbonyl (C=O) groups excluding carboxylic acids is 1. The number of aliphatic imine (C=N–C) groups is 1. The van der Waals surface area contributed by atoms with Gasteiger partial charge in [-0.25, -0.2) is 0 Å². The molecule has 0 atom stereocenters. The Labute approximate surface area is 166 Å². The van der Waals surface area contributed by atoms with E-state index in [1.165, 1.54) is 18.4 Å². The van der Waals surface area contributed by atoms with Gasteiger partial charge in [-0.1, -0.05) is 36.4 Å². The summed E-state index contributed by atoms with van der Waals surface area (Å²) in [6, 6.07) is 17.7. The molecule has 28 heavy (non-hydrogen) atoms. The zero-order chi connectivity index (χ0) is 19.8. The first-order chi connectivity index (χ1) is 13.7. The molecule has 1 amide bonds. The van der Waals surface area contributed by atoms with Crippen molar-refractivity contribution in [3.8, 4) is 5.75 Å². The molecular formula is C22H28N4O2. The van der Waals surface area contributed by atoms with Crippen molar-refractivity contribution in [3.05, 3.63) is 65.7 Å². The minimum Gasteiger partial charge on any atom is -0.497 e. The quantitative estimate of drug-likeness (QED) is 0.373. The maximum Gasteiger partial charge on any atom is 0.251 e. The smallest absolute Gasteiger partial charge is 0.251 e. The number of nitrogens with one attached hydrogen (secondary N) is 3. The standard InChI is InChI=1S/C22H28N4O2/c1-23-21(26-16-22(11-12-22)18-8-4-3-5-9-18)25-14-13-24-20(27)17-7-6-10-19(15-17)28-2/h3-10,15H,11-14,16H2,1-2H3,(H,24,27)(H2,23,25,26). The average Bonchev–Trinajstić information content (AvgIpc) is 3.55. The number of rotatable bonds is 8. The number of carbonyl (C=O) groups is 1. The number of guanidine groups is 1. The summed E-state index contributed by atoms with van der Waals surface area (Å²) in [6.45, 7) is 1.95. The van der Waals surface area contributed by atoms with E-state index in [9.17, 15) is 4.79 Å². The minimum atomic E-state index is -0.121. The topological polar surface area (TPSA) is 74.8 Å². The lowest BCUT2D eigenvalue weighted by Crippen LogP contribution is -2.44. The molecule has 3 N–H and O–H groups in total. The van der Waals surface area contributed by atoms with E-state index in [0.29, 0.717) is 24.4 Å². The van der Waals surface area contributed by atoms with Crippen molar-refractivity contribution >= 4 is 11.9 Å². The van der Waals surface area contributed by atoms with Crippen LogP contribution in [0.15, 0.2) is 59.6 Å². The Morgan fingerprint density at radius 3 is 2.46 bits per heavy atom. The summed E-state index contributed by atoms with van der Waals surface area (Å²) in [7, 11) is 3.34. The molecule has 1 fully saturated rings. The highest BCUT2D eigenvalue weighted by Gasteiger charge is 2.43. The van der Waals surface area contributed by atoms with Gasteiger partial charge in [0, 0.05) is 37.7 Å². The third-order valence-corrected chi connectivity index (χ3v) is 5.09. The third kappa shape index (κ3) is 5.03. The summed E-state index contributed by atoms with van der Waals surface area (Å²) in [5.41, 5.74) is 2.18. The number of benzene rings is 2. The van der Waals surface area contributed by atoms with Gasteiger partial charge >= 0.3 is 0 Å². The van der Waals surface area contributed by atoms with E-state index in [1.807, 2.05) is 12.1 Å². The van der Waals surface area contributed by atoms with Crippen LogP contribution in [-0.2, 0) is 5.41 Å². The molecular weight excluding hydrogens is 352 g/mol. The van der Waals surface area contributed by atoms with Crippen molar-refractivity contribution in [2.75, 3.05) is 33.8 Å². The maximum atomic E-state index is 12.2.